The van der Waals surface area contributed by atoms with Crippen LogP contribution in [0.5, 0.6) is 0 Å². The van der Waals surface area contributed by atoms with Gasteiger partial charge in [0.15, 0.2) is 0 Å². The predicted molar refractivity (Wildman–Crippen MR) is 124 cm³/mol. The van der Waals surface area contributed by atoms with E-state index in [1.54, 1.807) is 22.8 Å². The molecule has 0 radical (unpaired) electrons. The summed E-state index contributed by atoms with van der Waals surface area (Å²) in [6, 6.07) is 14.0. The van der Waals surface area contributed by atoms with Gasteiger partial charge in [0.2, 0.25) is 5.91 Å². The molecule has 6 heteroatoms. The Kier molecular flexibility index (Phi) is 7.30. The fourth-order valence-electron chi connectivity index (χ4n) is 4.49. The fourth-order valence-corrected chi connectivity index (χ4v) is 4.49. The number of nitrogens with zero attached hydrogens (tertiary/aromatic N) is 2. The van der Waals surface area contributed by atoms with Crippen LogP contribution in [0.25, 0.3) is 11.0 Å². The average molecular weight is 436 g/mol. The molecule has 0 bridgehead atoms. The van der Waals surface area contributed by atoms with E-state index in [9.17, 15) is 14.0 Å². The molecule has 0 aliphatic heterocycles. The maximum Gasteiger partial charge on any atom is 0.273 e. The average Bonchev–Trinajstić information content (AvgIpc) is 2.77. The summed E-state index contributed by atoms with van der Waals surface area (Å²) in [6.07, 6.45) is 8.58. The molecule has 2 aromatic carbocycles. The van der Waals surface area contributed by atoms with E-state index < -0.39 is 0 Å². The van der Waals surface area contributed by atoms with E-state index in [-0.39, 0.29) is 42.7 Å². The van der Waals surface area contributed by atoms with Crippen molar-refractivity contribution in [2.75, 3.05) is 0 Å². The highest BCUT2D eigenvalue weighted by Crippen LogP contribution is 2.18. The second kappa shape index (κ2) is 10.5. The van der Waals surface area contributed by atoms with Gasteiger partial charge >= 0.3 is 0 Å². The fraction of sp³-hybridized carbons (Fsp3) is 0.423. The van der Waals surface area contributed by atoms with Crippen LogP contribution in [-0.2, 0) is 17.8 Å². The zero-order chi connectivity index (χ0) is 22.3. The van der Waals surface area contributed by atoms with Crippen molar-refractivity contribution in [1.29, 1.82) is 0 Å². The molecule has 1 fully saturated rings. The standard InChI is InChI=1S/C26H30FN3O2/c27-21-13-7-6-10-19(21)18-30-24-15-9-8-14-22(24)29-23(26(30)32)16-17-25(31)28-20-11-4-2-1-3-5-12-20/h6-10,13-15,20H,1-5,11-12,16-18H2,(H,28,31). The Hall–Kier alpha value is -3.02. The minimum atomic E-state index is -0.347. The van der Waals surface area contributed by atoms with Crippen molar-refractivity contribution in [2.24, 2.45) is 0 Å². The van der Waals surface area contributed by atoms with Gasteiger partial charge in [-0.25, -0.2) is 9.37 Å². The second-order valence-corrected chi connectivity index (χ2v) is 8.64. The quantitative estimate of drug-likeness (QED) is 0.608. The first-order chi connectivity index (χ1) is 15.6. The number of aryl methyl sites for hydroxylation is 1. The summed E-state index contributed by atoms with van der Waals surface area (Å²) in [6.45, 7) is 0.121. The molecule has 4 rings (SSSR count). The van der Waals surface area contributed by atoms with Gasteiger partial charge in [0.1, 0.15) is 11.5 Å². The summed E-state index contributed by atoms with van der Waals surface area (Å²) < 4.78 is 15.8. The van der Waals surface area contributed by atoms with Crippen molar-refractivity contribution in [3.8, 4) is 0 Å². The summed E-state index contributed by atoms with van der Waals surface area (Å²) in [5.74, 6) is -0.383. The van der Waals surface area contributed by atoms with Gasteiger partial charge in [-0.05, 0) is 31.0 Å². The van der Waals surface area contributed by atoms with Crippen LogP contribution < -0.4 is 10.9 Å². The van der Waals surface area contributed by atoms with Crippen LogP contribution in [0.1, 0.15) is 62.6 Å². The SMILES string of the molecule is O=C(CCc1nc2ccccc2n(Cc2ccccc2F)c1=O)NC1CCCCCCC1. The summed E-state index contributed by atoms with van der Waals surface area (Å²) in [5.41, 5.74) is 1.83. The highest BCUT2D eigenvalue weighted by molar-refractivity contribution is 5.77. The highest BCUT2D eigenvalue weighted by Gasteiger charge is 2.17. The van der Waals surface area contributed by atoms with Crippen LogP contribution in [0.2, 0.25) is 0 Å². The topological polar surface area (TPSA) is 64.0 Å². The van der Waals surface area contributed by atoms with Crippen LogP contribution in [0, 0.1) is 5.82 Å². The molecule has 1 aromatic heterocycles. The zero-order valence-electron chi connectivity index (χ0n) is 18.4. The summed E-state index contributed by atoms with van der Waals surface area (Å²) in [5, 5.41) is 3.15. The first kappa shape index (κ1) is 22.2. The van der Waals surface area contributed by atoms with Crippen molar-refractivity contribution in [3.63, 3.8) is 0 Å². The third kappa shape index (κ3) is 5.42. The Bertz CT molecular complexity index is 1130. The molecule has 1 aliphatic rings. The Labute approximate surface area is 187 Å². The molecular formula is C26H30FN3O2. The molecule has 0 atom stereocenters. The first-order valence-electron chi connectivity index (χ1n) is 11.6. The Morgan fingerprint density at radius 1 is 1.00 bits per heavy atom. The van der Waals surface area contributed by atoms with Crippen molar-refractivity contribution in [3.05, 3.63) is 76.0 Å². The monoisotopic (exact) mass is 435 g/mol. The van der Waals surface area contributed by atoms with Gasteiger partial charge in [-0.15, -0.1) is 0 Å². The maximum atomic E-state index is 14.3. The normalized spacial score (nSPS) is 15.3. The van der Waals surface area contributed by atoms with E-state index in [0.717, 1.165) is 25.7 Å². The Morgan fingerprint density at radius 2 is 1.69 bits per heavy atom. The van der Waals surface area contributed by atoms with Crippen LogP contribution in [-0.4, -0.2) is 21.5 Å². The molecule has 0 saturated heterocycles. The number of fused-ring (bicyclic) bond motifs is 1. The van der Waals surface area contributed by atoms with Gasteiger partial charge in [-0.2, -0.15) is 0 Å². The van der Waals surface area contributed by atoms with Gasteiger partial charge < -0.3 is 9.88 Å². The molecule has 32 heavy (non-hydrogen) atoms. The third-order valence-electron chi connectivity index (χ3n) is 6.27. The van der Waals surface area contributed by atoms with Crippen molar-refractivity contribution in [2.45, 2.75) is 70.4 Å². The second-order valence-electron chi connectivity index (χ2n) is 8.64. The minimum absolute atomic E-state index is 0.0365. The van der Waals surface area contributed by atoms with E-state index in [1.165, 1.54) is 25.3 Å². The lowest BCUT2D eigenvalue weighted by Crippen LogP contribution is -2.36. The van der Waals surface area contributed by atoms with E-state index in [2.05, 4.69) is 10.3 Å². The number of para-hydroxylation sites is 2. The van der Waals surface area contributed by atoms with Crippen LogP contribution in [0.4, 0.5) is 4.39 Å². The van der Waals surface area contributed by atoms with E-state index in [1.807, 2.05) is 24.3 Å². The number of benzene rings is 2. The number of amides is 1. The van der Waals surface area contributed by atoms with E-state index >= 15 is 0 Å². The Morgan fingerprint density at radius 3 is 2.47 bits per heavy atom. The number of rotatable bonds is 6. The van der Waals surface area contributed by atoms with Gasteiger partial charge in [0.05, 0.1) is 17.6 Å². The molecule has 0 spiro atoms. The van der Waals surface area contributed by atoms with Crippen LogP contribution in [0.3, 0.4) is 0 Å². The molecule has 0 unspecified atom stereocenters. The Balaban J connectivity index is 1.52. The molecular weight excluding hydrogens is 405 g/mol. The van der Waals surface area contributed by atoms with Gasteiger partial charge in [0, 0.05) is 24.4 Å². The number of carbonyl (C=O) groups is 1. The number of hydrogen-bond acceptors (Lipinski definition) is 3. The van der Waals surface area contributed by atoms with Gasteiger partial charge in [-0.1, -0.05) is 62.4 Å². The zero-order valence-corrected chi connectivity index (χ0v) is 18.4. The number of nitrogens with one attached hydrogen (secondary N) is 1. The van der Waals surface area contributed by atoms with Crippen molar-refractivity contribution in [1.82, 2.24) is 14.9 Å². The van der Waals surface area contributed by atoms with Crippen molar-refractivity contribution < 1.29 is 9.18 Å². The largest absolute Gasteiger partial charge is 0.353 e. The molecule has 1 N–H and O–H groups in total. The van der Waals surface area contributed by atoms with E-state index in [4.69, 9.17) is 0 Å². The minimum Gasteiger partial charge on any atom is -0.353 e. The van der Waals surface area contributed by atoms with Crippen molar-refractivity contribution >= 4 is 16.9 Å². The molecule has 5 nitrogen and oxygen atoms in total. The lowest BCUT2D eigenvalue weighted by Gasteiger charge is -2.21. The smallest absolute Gasteiger partial charge is 0.273 e. The van der Waals surface area contributed by atoms with Crippen LogP contribution in [0.15, 0.2) is 53.3 Å². The summed E-state index contributed by atoms with van der Waals surface area (Å²) in [4.78, 5) is 30.4. The lowest BCUT2D eigenvalue weighted by atomic mass is 9.96. The number of hydrogen-bond donors (Lipinski definition) is 1. The molecule has 3 aromatic rings. The number of aromatic nitrogens is 2. The molecule has 168 valence electrons. The summed E-state index contributed by atoms with van der Waals surface area (Å²) in [7, 11) is 0. The summed E-state index contributed by atoms with van der Waals surface area (Å²) >= 11 is 0. The predicted octanol–water partition coefficient (Wildman–Crippen LogP) is 4.75. The third-order valence-corrected chi connectivity index (χ3v) is 6.27. The molecule has 1 amide bonds. The van der Waals surface area contributed by atoms with Gasteiger partial charge in [0.25, 0.3) is 5.56 Å². The molecule has 1 saturated carbocycles. The highest BCUT2D eigenvalue weighted by atomic mass is 19.1. The van der Waals surface area contributed by atoms with Crippen LogP contribution >= 0.6 is 0 Å². The first-order valence-corrected chi connectivity index (χ1v) is 11.6. The van der Waals surface area contributed by atoms with E-state index in [0.29, 0.717) is 22.3 Å². The maximum absolute atomic E-state index is 14.3. The number of carbonyl (C=O) groups excluding carboxylic acids is 1. The lowest BCUT2D eigenvalue weighted by molar-refractivity contribution is -0.121. The number of halogens is 1. The molecule has 1 aliphatic carbocycles. The molecule has 1 heterocycles. The van der Waals surface area contributed by atoms with Gasteiger partial charge in [-0.3, -0.25) is 9.59 Å².